The van der Waals surface area contributed by atoms with Crippen molar-refractivity contribution in [2.24, 2.45) is 0 Å². The van der Waals surface area contributed by atoms with E-state index in [4.69, 9.17) is 4.74 Å². The molecule has 13 heavy (non-hydrogen) atoms. The Hall–Kier alpha value is -1.51. The first kappa shape index (κ1) is 9.58. The van der Waals surface area contributed by atoms with E-state index in [0.29, 0.717) is 17.9 Å². The van der Waals surface area contributed by atoms with E-state index in [1.165, 1.54) is 0 Å². The molecule has 0 saturated carbocycles. The highest BCUT2D eigenvalue weighted by atomic mass is 16.5. The molecule has 1 amide bonds. The van der Waals surface area contributed by atoms with Crippen LogP contribution in [0.2, 0.25) is 0 Å². The topological polar surface area (TPSA) is 38.3 Å². The van der Waals surface area contributed by atoms with Gasteiger partial charge in [0.25, 0.3) is 5.91 Å². The monoisotopic (exact) mass is 178 g/mol. The Morgan fingerprint density at radius 1 is 1.62 bits per heavy atom. The number of carbonyl (C=O) groups excluding carboxylic acids is 1. The lowest BCUT2D eigenvalue weighted by Gasteiger charge is -2.03. The van der Waals surface area contributed by atoms with Crippen molar-refractivity contribution in [3.05, 3.63) is 36.8 Å². The van der Waals surface area contributed by atoms with Gasteiger partial charge < -0.3 is 10.1 Å². The second kappa shape index (κ2) is 4.50. The number of carbonyl (C=O) groups is 1. The van der Waals surface area contributed by atoms with Crippen LogP contribution in [0.25, 0.3) is 0 Å². The predicted octanol–water partition coefficient (Wildman–Crippen LogP) is 1.26. The van der Waals surface area contributed by atoms with Gasteiger partial charge in [-0.3, -0.25) is 4.79 Å². The summed E-state index contributed by atoms with van der Waals surface area (Å²) >= 11 is 0. The van der Waals surface area contributed by atoms with Crippen LogP contribution in [0.3, 0.4) is 0 Å². The van der Waals surface area contributed by atoms with E-state index >= 15 is 0 Å². The fourth-order valence-corrected chi connectivity index (χ4v) is 0.980. The largest absolute Gasteiger partial charge is 0.497 e. The summed E-state index contributed by atoms with van der Waals surface area (Å²) in [6.07, 6.45) is 0. The van der Waals surface area contributed by atoms with Crippen LogP contribution in [-0.2, 0) is 0 Å². The van der Waals surface area contributed by atoms with E-state index < -0.39 is 0 Å². The molecule has 0 heterocycles. The second-order valence-corrected chi connectivity index (χ2v) is 2.49. The van der Waals surface area contributed by atoms with Gasteiger partial charge in [-0.2, -0.15) is 0 Å². The van der Waals surface area contributed by atoms with E-state index in [9.17, 15) is 4.79 Å². The summed E-state index contributed by atoms with van der Waals surface area (Å²) < 4.78 is 4.99. The smallest absolute Gasteiger partial charge is 0.251 e. The Kier molecular flexibility index (Phi) is 3.31. The number of amides is 1. The van der Waals surface area contributed by atoms with Gasteiger partial charge in [0.15, 0.2) is 0 Å². The minimum Gasteiger partial charge on any atom is -0.497 e. The molecule has 1 radical (unpaired) electrons. The van der Waals surface area contributed by atoms with Crippen molar-refractivity contribution in [3.8, 4) is 5.75 Å². The molecule has 3 nitrogen and oxygen atoms in total. The van der Waals surface area contributed by atoms with Crippen LogP contribution in [0.4, 0.5) is 0 Å². The quantitative estimate of drug-likeness (QED) is 0.756. The summed E-state index contributed by atoms with van der Waals surface area (Å²) in [6, 6.07) is 6.98. The summed E-state index contributed by atoms with van der Waals surface area (Å²) in [7, 11) is 1.57. The number of ether oxygens (including phenoxy) is 1. The maximum atomic E-state index is 11.3. The Morgan fingerprint density at radius 2 is 2.38 bits per heavy atom. The summed E-state index contributed by atoms with van der Waals surface area (Å²) in [5, 5.41) is 2.61. The number of benzene rings is 1. The van der Waals surface area contributed by atoms with Gasteiger partial charge in [0.05, 0.1) is 7.11 Å². The van der Waals surface area contributed by atoms with Gasteiger partial charge in [-0.1, -0.05) is 6.07 Å². The van der Waals surface area contributed by atoms with Crippen LogP contribution in [0, 0.1) is 6.92 Å². The van der Waals surface area contributed by atoms with E-state index in [-0.39, 0.29) is 5.91 Å². The summed E-state index contributed by atoms with van der Waals surface area (Å²) in [4.78, 5) is 11.3. The van der Waals surface area contributed by atoms with Gasteiger partial charge in [-0.05, 0) is 25.1 Å². The first-order valence-corrected chi connectivity index (χ1v) is 3.99. The number of hydrogen-bond acceptors (Lipinski definition) is 2. The summed E-state index contributed by atoms with van der Waals surface area (Å²) in [5.41, 5.74) is 0.586. The van der Waals surface area contributed by atoms with Crippen LogP contribution in [0.5, 0.6) is 5.75 Å². The second-order valence-electron chi connectivity index (χ2n) is 2.49. The molecule has 0 fully saturated rings. The lowest BCUT2D eigenvalue weighted by atomic mass is 10.2. The average Bonchev–Trinajstić information content (AvgIpc) is 2.18. The molecule has 69 valence electrons. The van der Waals surface area contributed by atoms with Crippen molar-refractivity contribution in [1.82, 2.24) is 5.32 Å². The SMILES string of the molecule is [CH2]CNC(=O)c1cccc(OC)c1. The minimum atomic E-state index is -0.131. The highest BCUT2D eigenvalue weighted by Crippen LogP contribution is 2.11. The fraction of sp³-hybridized carbons (Fsp3) is 0.200. The zero-order valence-electron chi connectivity index (χ0n) is 7.54. The molecule has 1 rings (SSSR count). The molecule has 0 aliphatic carbocycles. The van der Waals surface area contributed by atoms with Crippen molar-refractivity contribution in [3.63, 3.8) is 0 Å². The maximum absolute atomic E-state index is 11.3. The lowest BCUT2D eigenvalue weighted by molar-refractivity contribution is 0.0957. The standard InChI is InChI=1S/C10H12NO2/c1-3-11-10(12)8-5-4-6-9(7-8)13-2/h4-7H,1,3H2,2H3,(H,11,12). The third-order valence-corrected chi connectivity index (χ3v) is 1.62. The van der Waals surface area contributed by atoms with Gasteiger partial charge in [0, 0.05) is 12.1 Å². The van der Waals surface area contributed by atoms with E-state index in [1.54, 1.807) is 31.4 Å². The normalized spacial score (nSPS) is 9.38. The molecular weight excluding hydrogens is 166 g/mol. The molecule has 3 heteroatoms. The molecule has 0 aliphatic heterocycles. The van der Waals surface area contributed by atoms with E-state index in [1.807, 2.05) is 0 Å². The zero-order valence-corrected chi connectivity index (χ0v) is 7.54. The molecule has 0 aliphatic rings. The third-order valence-electron chi connectivity index (χ3n) is 1.62. The van der Waals surface area contributed by atoms with Crippen molar-refractivity contribution in [2.45, 2.75) is 0 Å². The van der Waals surface area contributed by atoms with Gasteiger partial charge in [0.2, 0.25) is 0 Å². The van der Waals surface area contributed by atoms with Gasteiger partial charge in [0.1, 0.15) is 5.75 Å². The first-order chi connectivity index (χ1) is 6.27. The summed E-state index contributed by atoms with van der Waals surface area (Å²) in [5.74, 6) is 0.547. The number of methoxy groups -OCH3 is 1. The number of nitrogens with one attached hydrogen (secondary N) is 1. The van der Waals surface area contributed by atoms with Crippen molar-refractivity contribution >= 4 is 5.91 Å². The lowest BCUT2D eigenvalue weighted by Crippen LogP contribution is -2.22. The van der Waals surface area contributed by atoms with Gasteiger partial charge >= 0.3 is 0 Å². The number of hydrogen-bond donors (Lipinski definition) is 1. The molecule has 0 spiro atoms. The van der Waals surface area contributed by atoms with Crippen LogP contribution >= 0.6 is 0 Å². The molecule has 0 atom stereocenters. The molecule has 1 aromatic carbocycles. The van der Waals surface area contributed by atoms with Crippen LogP contribution in [-0.4, -0.2) is 19.6 Å². The van der Waals surface area contributed by atoms with Crippen LogP contribution < -0.4 is 10.1 Å². The molecule has 1 aromatic rings. The molecular formula is C10H12NO2. The molecule has 0 unspecified atom stereocenters. The molecule has 0 saturated heterocycles. The zero-order chi connectivity index (χ0) is 9.68. The van der Waals surface area contributed by atoms with Crippen LogP contribution in [0.15, 0.2) is 24.3 Å². The average molecular weight is 178 g/mol. The Bertz CT molecular complexity index is 297. The van der Waals surface area contributed by atoms with Gasteiger partial charge in [-0.15, -0.1) is 0 Å². The van der Waals surface area contributed by atoms with Crippen molar-refractivity contribution < 1.29 is 9.53 Å². The highest BCUT2D eigenvalue weighted by molar-refractivity contribution is 5.94. The molecule has 0 bridgehead atoms. The van der Waals surface area contributed by atoms with Crippen molar-refractivity contribution in [1.29, 1.82) is 0 Å². The molecule has 0 aromatic heterocycles. The van der Waals surface area contributed by atoms with Crippen LogP contribution in [0.1, 0.15) is 10.4 Å². The first-order valence-electron chi connectivity index (χ1n) is 3.99. The Labute approximate surface area is 77.7 Å². The number of rotatable bonds is 3. The Balaban J connectivity index is 2.82. The minimum absolute atomic E-state index is 0.131. The highest BCUT2D eigenvalue weighted by Gasteiger charge is 2.03. The fourth-order valence-electron chi connectivity index (χ4n) is 0.980. The van der Waals surface area contributed by atoms with E-state index in [2.05, 4.69) is 12.2 Å². The van der Waals surface area contributed by atoms with Crippen molar-refractivity contribution in [2.75, 3.05) is 13.7 Å². The van der Waals surface area contributed by atoms with E-state index in [0.717, 1.165) is 0 Å². The third kappa shape index (κ3) is 2.47. The molecule has 1 N–H and O–H groups in total. The van der Waals surface area contributed by atoms with Gasteiger partial charge in [-0.25, -0.2) is 0 Å². The Morgan fingerprint density at radius 3 is 3.00 bits per heavy atom. The predicted molar refractivity (Wildman–Crippen MR) is 50.7 cm³/mol. The maximum Gasteiger partial charge on any atom is 0.251 e. The summed E-state index contributed by atoms with van der Waals surface area (Å²) in [6.45, 7) is 3.92.